The van der Waals surface area contributed by atoms with Gasteiger partial charge in [0.05, 0.1) is 18.8 Å². The molecule has 0 N–H and O–H groups in total. The molecule has 1 unspecified atom stereocenters. The molecular weight excluding hydrogens is 484 g/mol. The van der Waals surface area contributed by atoms with Crippen LogP contribution in [-0.2, 0) is 29.5 Å². The van der Waals surface area contributed by atoms with Crippen LogP contribution < -0.4 is 4.90 Å². The van der Waals surface area contributed by atoms with Crippen molar-refractivity contribution in [3.63, 3.8) is 0 Å². The summed E-state index contributed by atoms with van der Waals surface area (Å²) in [6.07, 6.45) is 3.63. The topological polar surface area (TPSA) is 111 Å². The van der Waals surface area contributed by atoms with Gasteiger partial charge in [-0.25, -0.2) is 14.8 Å². The van der Waals surface area contributed by atoms with E-state index in [4.69, 9.17) is 13.7 Å². The van der Waals surface area contributed by atoms with Crippen LogP contribution in [0.3, 0.4) is 0 Å². The van der Waals surface area contributed by atoms with Crippen molar-refractivity contribution in [2.45, 2.75) is 56.7 Å². The van der Waals surface area contributed by atoms with Gasteiger partial charge < -0.3 is 19.3 Å². The van der Waals surface area contributed by atoms with Gasteiger partial charge in [-0.3, -0.25) is 4.18 Å². The minimum absolute atomic E-state index is 0.115. The average Bonchev–Trinajstić information content (AvgIpc) is 2.83. The molecule has 36 heavy (non-hydrogen) atoms. The summed E-state index contributed by atoms with van der Waals surface area (Å²) in [5, 5.41) is 0. The highest BCUT2D eigenvalue weighted by Crippen LogP contribution is 2.34. The van der Waals surface area contributed by atoms with E-state index in [1.54, 1.807) is 47.6 Å². The summed E-state index contributed by atoms with van der Waals surface area (Å²) in [5.41, 5.74) is -0.497. The first-order valence-electron chi connectivity index (χ1n) is 12.1. The number of anilines is 1. The molecule has 2 saturated heterocycles. The number of hydrogen-bond acceptors (Lipinski definition) is 9. The maximum atomic E-state index is 12.6. The van der Waals surface area contributed by atoms with Gasteiger partial charge in [0, 0.05) is 32.0 Å². The summed E-state index contributed by atoms with van der Waals surface area (Å²) in [7, 11) is -3.80. The van der Waals surface area contributed by atoms with E-state index < -0.39 is 27.4 Å². The molecule has 1 atom stereocenters. The lowest BCUT2D eigenvalue weighted by atomic mass is 9.88. The van der Waals surface area contributed by atoms with Crippen LogP contribution in [0.25, 0.3) is 0 Å². The van der Waals surface area contributed by atoms with Gasteiger partial charge in [-0.1, -0.05) is 30.3 Å². The lowest BCUT2D eigenvalue weighted by Crippen LogP contribution is -2.61. The van der Waals surface area contributed by atoms with Crippen molar-refractivity contribution in [2.75, 3.05) is 37.7 Å². The number of nitrogens with zero attached hydrogens (tertiary/aromatic N) is 4. The molecular formula is C25H34N4O6S. The zero-order valence-electron chi connectivity index (χ0n) is 21.0. The van der Waals surface area contributed by atoms with E-state index in [-0.39, 0.29) is 18.5 Å². The molecule has 0 bridgehead atoms. The van der Waals surface area contributed by atoms with Gasteiger partial charge in [-0.2, -0.15) is 8.42 Å². The van der Waals surface area contributed by atoms with E-state index in [2.05, 4.69) is 9.97 Å². The molecule has 11 heteroatoms. The Labute approximate surface area is 212 Å². The van der Waals surface area contributed by atoms with Crippen LogP contribution in [0.1, 0.15) is 39.2 Å². The summed E-state index contributed by atoms with van der Waals surface area (Å²) in [5.74, 6) is 0.342. The van der Waals surface area contributed by atoms with Crippen molar-refractivity contribution < 1.29 is 26.9 Å². The standard InChI is InChI=1S/C25H34N4O6S/c1-24(2,3)35-23(30)28-14-10-25(11-15-28)19-29(22-26-12-7-13-27-22)16-21(34-25)17-33-36(31,32)18-20-8-5-4-6-9-20/h4-9,12-13,21H,10-11,14-19H2,1-3H3. The van der Waals surface area contributed by atoms with Crippen molar-refractivity contribution in [1.29, 1.82) is 0 Å². The molecule has 0 aliphatic carbocycles. The van der Waals surface area contributed by atoms with Gasteiger partial charge >= 0.3 is 6.09 Å². The fraction of sp³-hybridized carbons (Fsp3) is 0.560. The molecule has 196 valence electrons. The van der Waals surface area contributed by atoms with Crippen LogP contribution in [-0.4, -0.2) is 79.5 Å². The molecule has 0 radical (unpaired) electrons. The fourth-order valence-electron chi connectivity index (χ4n) is 4.48. The van der Waals surface area contributed by atoms with Gasteiger partial charge in [-0.15, -0.1) is 0 Å². The number of carbonyl (C=O) groups excluding carboxylic acids is 1. The van der Waals surface area contributed by atoms with Crippen LogP contribution in [0.2, 0.25) is 0 Å². The number of carbonyl (C=O) groups is 1. The molecule has 0 saturated carbocycles. The lowest BCUT2D eigenvalue weighted by Gasteiger charge is -2.49. The SMILES string of the molecule is CC(C)(C)OC(=O)N1CCC2(CC1)CN(c1ncccn1)CC(COS(=O)(=O)Cc1ccccc1)O2. The van der Waals surface area contributed by atoms with Gasteiger partial charge in [0.1, 0.15) is 17.5 Å². The van der Waals surface area contributed by atoms with E-state index in [9.17, 15) is 13.2 Å². The van der Waals surface area contributed by atoms with E-state index in [0.717, 1.165) is 0 Å². The molecule has 2 fully saturated rings. The second-order valence-corrected chi connectivity index (χ2v) is 11.9. The van der Waals surface area contributed by atoms with Crippen molar-refractivity contribution in [1.82, 2.24) is 14.9 Å². The summed E-state index contributed by atoms with van der Waals surface area (Å²) in [6, 6.07) is 10.7. The Morgan fingerprint density at radius 2 is 1.78 bits per heavy atom. The van der Waals surface area contributed by atoms with Crippen molar-refractivity contribution in [3.05, 3.63) is 54.4 Å². The lowest BCUT2D eigenvalue weighted by molar-refractivity contribution is -0.140. The van der Waals surface area contributed by atoms with Gasteiger partial charge in [0.15, 0.2) is 0 Å². The van der Waals surface area contributed by atoms with E-state index in [1.165, 1.54) is 0 Å². The number of aromatic nitrogens is 2. The van der Waals surface area contributed by atoms with Gasteiger partial charge in [0.2, 0.25) is 5.95 Å². The molecule has 4 rings (SSSR count). The smallest absolute Gasteiger partial charge is 0.410 e. The molecule has 3 heterocycles. The Bertz CT molecular complexity index is 1120. The number of hydrogen-bond donors (Lipinski definition) is 0. The monoisotopic (exact) mass is 518 g/mol. The van der Waals surface area contributed by atoms with E-state index in [0.29, 0.717) is 50.5 Å². The normalized spacial score (nSPS) is 20.4. The first-order valence-corrected chi connectivity index (χ1v) is 13.7. The maximum Gasteiger partial charge on any atom is 0.410 e. The highest BCUT2D eigenvalue weighted by Gasteiger charge is 2.45. The zero-order valence-corrected chi connectivity index (χ0v) is 21.8. The second kappa shape index (κ2) is 10.7. The van der Waals surface area contributed by atoms with Crippen molar-refractivity contribution >= 4 is 22.2 Å². The molecule has 10 nitrogen and oxygen atoms in total. The van der Waals surface area contributed by atoms with E-state index in [1.807, 2.05) is 31.7 Å². The zero-order chi connectivity index (χ0) is 25.8. The molecule has 2 aromatic rings. The van der Waals surface area contributed by atoms with Crippen LogP contribution in [0.5, 0.6) is 0 Å². The number of rotatable bonds is 6. The number of benzene rings is 1. The third-order valence-electron chi connectivity index (χ3n) is 6.10. The van der Waals surface area contributed by atoms with E-state index >= 15 is 0 Å². The highest BCUT2D eigenvalue weighted by atomic mass is 32.2. The molecule has 1 spiro atoms. The Balaban J connectivity index is 1.44. The summed E-state index contributed by atoms with van der Waals surface area (Å²) in [6.45, 7) is 7.28. The first kappa shape index (κ1) is 26.3. The van der Waals surface area contributed by atoms with Gasteiger partial charge in [-0.05, 0) is 45.2 Å². The number of morpholine rings is 1. The minimum atomic E-state index is -3.80. The second-order valence-electron chi connectivity index (χ2n) is 10.3. The number of ether oxygens (including phenoxy) is 2. The molecule has 1 aromatic carbocycles. The number of likely N-dealkylation sites (tertiary alicyclic amines) is 1. The predicted molar refractivity (Wildman–Crippen MR) is 134 cm³/mol. The third kappa shape index (κ3) is 7.14. The van der Waals surface area contributed by atoms with Crippen molar-refractivity contribution in [2.24, 2.45) is 0 Å². The van der Waals surface area contributed by atoms with Crippen LogP contribution in [0.4, 0.5) is 10.7 Å². The number of amides is 1. The third-order valence-corrected chi connectivity index (χ3v) is 7.28. The summed E-state index contributed by atoms with van der Waals surface area (Å²) < 4.78 is 42.6. The Kier molecular flexibility index (Phi) is 7.82. The molecule has 2 aliphatic rings. The number of piperidine rings is 1. The molecule has 1 amide bonds. The van der Waals surface area contributed by atoms with Crippen molar-refractivity contribution in [3.8, 4) is 0 Å². The van der Waals surface area contributed by atoms with Gasteiger partial charge in [0.25, 0.3) is 10.1 Å². The minimum Gasteiger partial charge on any atom is -0.444 e. The van der Waals surface area contributed by atoms with Crippen LogP contribution in [0.15, 0.2) is 48.8 Å². The fourth-order valence-corrected chi connectivity index (χ4v) is 5.52. The van der Waals surface area contributed by atoms with Crippen LogP contribution in [0, 0.1) is 0 Å². The first-order chi connectivity index (χ1) is 17.0. The Morgan fingerprint density at radius 3 is 2.42 bits per heavy atom. The Morgan fingerprint density at radius 1 is 1.11 bits per heavy atom. The largest absolute Gasteiger partial charge is 0.444 e. The average molecular weight is 519 g/mol. The summed E-state index contributed by atoms with van der Waals surface area (Å²) >= 11 is 0. The highest BCUT2D eigenvalue weighted by molar-refractivity contribution is 7.85. The quantitative estimate of drug-likeness (QED) is 0.533. The maximum absolute atomic E-state index is 12.6. The molecule has 2 aliphatic heterocycles. The molecule has 1 aromatic heterocycles. The predicted octanol–water partition coefficient (Wildman–Crippen LogP) is 3.00. The van der Waals surface area contributed by atoms with Crippen LogP contribution >= 0.6 is 0 Å². The summed E-state index contributed by atoms with van der Waals surface area (Å²) in [4.78, 5) is 25.0. The Hall–Kier alpha value is -2.76.